The van der Waals surface area contributed by atoms with E-state index in [2.05, 4.69) is 22.5 Å². The number of nitrogens with one attached hydrogen (secondary N) is 1. The van der Waals surface area contributed by atoms with Crippen molar-refractivity contribution in [1.82, 2.24) is 20.1 Å². The fourth-order valence-electron chi connectivity index (χ4n) is 7.17. The quantitative estimate of drug-likeness (QED) is 0.588. The highest BCUT2D eigenvalue weighted by Crippen LogP contribution is 2.67. The Labute approximate surface area is 198 Å². The molecule has 0 bridgehead atoms. The molecule has 6 rings (SSSR count). The zero-order valence-electron chi connectivity index (χ0n) is 19.5. The summed E-state index contributed by atoms with van der Waals surface area (Å²) in [6, 6.07) is 7.31. The van der Waals surface area contributed by atoms with E-state index in [1.165, 1.54) is 12.8 Å². The number of ether oxygens (including phenoxy) is 1. The fraction of sp³-hybridized carbons (Fsp3) is 0.692. The summed E-state index contributed by atoms with van der Waals surface area (Å²) in [5.74, 6) is 0. The van der Waals surface area contributed by atoms with E-state index < -0.39 is 17.6 Å². The van der Waals surface area contributed by atoms with Crippen molar-refractivity contribution in [2.75, 3.05) is 13.2 Å². The number of nitrogens with zero attached hydrogens (tertiary/aromatic N) is 3. The Morgan fingerprint density at radius 2 is 1.88 bits per heavy atom. The number of alkyl halides is 3. The SMILES string of the molecule is FC(F)(F)C1([C@H]2C[C@@H](NCC[C@@]3(c4ccccn4)CCOC4(CCCC4)C3)c3ccnn32)CC1. The van der Waals surface area contributed by atoms with Crippen LogP contribution in [0.2, 0.25) is 0 Å². The van der Waals surface area contributed by atoms with Crippen LogP contribution in [0.25, 0.3) is 0 Å². The number of halogens is 3. The predicted molar refractivity (Wildman–Crippen MR) is 121 cm³/mol. The monoisotopic (exact) mass is 474 g/mol. The van der Waals surface area contributed by atoms with Crippen LogP contribution >= 0.6 is 0 Å². The summed E-state index contributed by atoms with van der Waals surface area (Å²) in [5, 5.41) is 7.93. The van der Waals surface area contributed by atoms with Gasteiger partial charge in [0.25, 0.3) is 0 Å². The van der Waals surface area contributed by atoms with Crippen LogP contribution < -0.4 is 5.32 Å². The van der Waals surface area contributed by atoms with Crippen molar-refractivity contribution in [2.24, 2.45) is 5.41 Å². The summed E-state index contributed by atoms with van der Waals surface area (Å²) < 4.78 is 49.6. The molecule has 0 radical (unpaired) electrons. The summed E-state index contributed by atoms with van der Waals surface area (Å²) in [5.41, 5.74) is 0.285. The summed E-state index contributed by atoms with van der Waals surface area (Å²) >= 11 is 0. The number of pyridine rings is 1. The van der Waals surface area contributed by atoms with Crippen molar-refractivity contribution in [3.8, 4) is 0 Å². The van der Waals surface area contributed by atoms with Crippen molar-refractivity contribution in [3.63, 3.8) is 0 Å². The second-order valence-corrected chi connectivity index (χ2v) is 11.0. The first kappa shape index (κ1) is 22.5. The van der Waals surface area contributed by atoms with E-state index in [1.807, 2.05) is 18.3 Å². The summed E-state index contributed by atoms with van der Waals surface area (Å²) in [7, 11) is 0. The lowest BCUT2D eigenvalue weighted by atomic mass is 9.68. The highest BCUT2D eigenvalue weighted by atomic mass is 19.4. The second-order valence-electron chi connectivity index (χ2n) is 11.0. The second kappa shape index (κ2) is 8.05. The zero-order chi connectivity index (χ0) is 23.4. The van der Waals surface area contributed by atoms with Gasteiger partial charge in [-0.2, -0.15) is 18.3 Å². The average molecular weight is 475 g/mol. The number of hydrogen-bond donors (Lipinski definition) is 1. The molecule has 184 valence electrons. The molecule has 0 amide bonds. The standard InChI is InChI=1S/C26H33F3N4O/c27-26(28,29)25(9-10-25)22-17-19(20-6-14-32-33(20)22)30-15-11-23(21-5-1-4-13-31-21)12-16-34-24(18-23)7-2-3-8-24/h1,4-6,13-14,19,22,30H,2-3,7-12,15-18H2/t19-,22-,23-/m1/s1. The van der Waals surface area contributed by atoms with E-state index in [1.54, 1.807) is 10.9 Å². The molecule has 0 aromatic carbocycles. The number of aromatic nitrogens is 3. The summed E-state index contributed by atoms with van der Waals surface area (Å²) in [6.07, 6.45) is 7.63. The van der Waals surface area contributed by atoms with Crippen LogP contribution in [0, 0.1) is 5.41 Å². The Morgan fingerprint density at radius 1 is 1.06 bits per heavy atom. The smallest absolute Gasteiger partial charge is 0.375 e. The van der Waals surface area contributed by atoms with Gasteiger partial charge in [-0.15, -0.1) is 0 Å². The third kappa shape index (κ3) is 3.60. The molecule has 2 aromatic rings. The molecule has 2 aromatic heterocycles. The van der Waals surface area contributed by atoms with Crippen molar-refractivity contribution < 1.29 is 17.9 Å². The first-order chi connectivity index (χ1) is 16.4. The van der Waals surface area contributed by atoms with Crippen molar-refractivity contribution >= 4 is 0 Å². The van der Waals surface area contributed by atoms with E-state index >= 15 is 0 Å². The van der Waals surface area contributed by atoms with Crippen molar-refractivity contribution in [1.29, 1.82) is 0 Å². The first-order valence-electron chi connectivity index (χ1n) is 12.8. The molecule has 1 spiro atoms. The van der Waals surface area contributed by atoms with Gasteiger partial charge in [-0.1, -0.05) is 18.9 Å². The molecule has 2 aliphatic heterocycles. The van der Waals surface area contributed by atoms with Gasteiger partial charge in [-0.25, -0.2) is 0 Å². The van der Waals surface area contributed by atoms with Gasteiger partial charge in [-0.05, 0) is 76.1 Å². The molecule has 4 aliphatic rings. The lowest BCUT2D eigenvalue weighted by Crippen LogP contribution is -2.47. The van der Waals surface area contributed by atoms with E-state index in [0.29, 0.717) is 6.42 Å². The normalized spacial score (nSPS) is 31.6. The van der Waals surface area contributed by atoms with Crippen LogP contribution in [0.15, 0.2) is 36.7 Å². The fourth-order valence-corrected chi connectivity index (χ4v) is 7.17. The maximum Gasteiger partial charge on any atom is 0.396 e. The summed E-state index contributed by atoms with van der Waals surface area (Å²) in [4.78, 5) is 4.76. The van der Waals surface area contributed by atoms with E-state index in [4.69, 9.17) is 9.72 Å². The molecule has 1 saturated heterocycles. The Kier molecular flexibility index (Phi) is 5.33. The first-order valence-corrected chi connectivity index (χ1v) is 12.8. The predicted octanol–water partition coefficient (Wildman–Crippen LogP) is 5.65. The molecule has 8 heteroatoms. The van der Waals surface area contributed by atoms with E-state index in [9.17, 15) is 13.2 Å². The number of rotatable bonds is 6. The van der Waals surface area contributed by atoms with Crippen LogP contribution in [0.1, 0.15) is 87.7 Å². The van der Waals surface area contributed by atoms with Gasteiger partial charge < -0.3 is 10.1 Å². The molecule has 34 heavy (non-hydrogen) atoms. The molecule has 1 N–H and O–H groups in total. The average Bonchev–Trinajstić information content (AvgIpc) is 3.13. The van der Waals surface area contributed by atoms with Crippen LogP contribution in [0.4, 0.5) is 13.2 Å². The number of fused-ring (bicyclic) bond motifs is 1. The van der Waals surface area contributed by atoms with Gasteiger partial charge in [0.2, 0.25) is 0 Å². The lowest BCUT2D eigenvalue weighted by Gasteiger charge is -2.46. The molecule has 4 heterocycles. The van der Waals surface area contributed by atoms with Crippen LogP contribution in [-0.4, -0.2) is 39.7 Å². The molecule has 3 atom stereocenters. The minimum Gasteiger partial charge on any atom is -0.375 e. The van der Waals surface area contributed by atoms with Crippen molar-refractivity contribution in [2.45, 2.75) is 93.5 Å². The maximum atomic E-state index is 13.9. The molecular weight excluding hydrogens is 441 g/mol. The highest BCUT2D eigenvalue weighted by molar-refractivity contribution is 5.22. The topological polar surface area (TPSA) is 52.0 Å². The molecule has 3 fully saturated rings. The Balaban J connectivity index is 1.19. The van der Waals surface area contributed by atoms with Crippen LogP contribution in [0.3, 0.4) is 0 Å². The molecule has 2 aliphatic carbocycles. The summed E-state index contributed by atoms with van der Waals surface area (Å²) in [6.45, 7) is 1.47. The molecule has 0 unspecified atom stereocenters. The zero-order valence-corrected chi connectivity index (χ0v) is 19.5. The maximum absolute atomic E-state index is 13.9. The third-order valence-electron chi connectivity index (χ3n) is 9.17. The molecule has 2 saturated carbocycles. The van der Waals surface area contributed by atoms with Crippen molar-refractivity contribution in [3.05, 3.63) is 48.0 Å². The lowest BCUT2D eigenvalue weighted by molar-refractivity contribution is -0.200. The Hall–Kier alpha value is -1.93. The van der Waals surface area contributed by atoms with Gasteiger partial charge in [0.15, 0.2) is 0 Å². The molecular formula is C26H33F3N4O. The Bertz CT molecular complexity index is 1010. The van der Waals surface area contributed by atoms with E-state index in [0.717, 1.165) is 56.6 Å². The van der Waals surface area contributed by atoms with Gasteiger partial charge in [0, 0.05) is 30.1 Å². The van der Waals surface area contributed by atoms with Gasteiger partial charge in [0.05, 0.1) is 28.8 Å². The van der Waals surface area contributed by atoms with Gasteiger partial charge in [0.1, 0.15) is 0 Å². The highest BCUT2D eigenvalue weighted by Gasteiger charge is 2.69. The van der Waals surface area contributed by atoms with Gasteiger partial charge in [-0.3, -0.25) is 9.67 Å². The minimum absolute atomic E-state index is 0.0437. The van der Waals surface area contributed by atoms with Gasteiger partial charge >= 0.3 is 6.18 Å². The number of hydrogen-bond acceptors (Lipinski definition) is 4. The third-order valence-corrected chi connectivity index (χ3v) is 9.17. The molecule has 5 nitrogen and oxygen atoms in total. The minimum atomic E-state index is -4.18. The van der Waals surface area contributed by atoms with Crippen LogP contribution in [-0.2, 0) is 10.2 Å². The largest absolute Gasteiger partial charge is 0.396 e. The van der Waals surface area contributed by atoms with E-state index in [-0.39, 0.29) is 29.9 Å². The van der Waals surface area contributed by atoms with Crippen LogP contribution in [0.5, 0.6) is 0 Å². The Morgan fingerprint density at radius 3 is 2.59 bits per heavy atom.